The van der Waals surface area contributed by atoms with E-state index in [1.165, 1.54) is 25.7 Å². The minimum Gasteiger partial charge on any atom is -0.135 e. The number of fused-ring (bicyclic) bond motifs is 3. The van der Waals surface area contributed by atoms with Gasteiger partial charge in [-0.15, -0.1) is 11.3 Å². The van der Waals surface area contributed by atoms with Crippen LogP contribution in [0, 0.1) is 5.92 Å². The summed E-state index contributed by atoms with van der Waals surface area (Å²) in [5, 5.41) is 2.87. The highest BCUT2D eigenvalue weighted by Crippen LogP contribution is 2.42. The second kappa shape index (κ2) is 4.35. The lowest BCUT2D eigenvalue weighted by Gasteiger charge is -2.30. The fourth-order valence-electron chi connectivity index (χ4n) is 2.62. The summed E-state index contributed by atoms with van der Waals surface area (Å²) in [6, 6.07) is 15.5. The maximum absolute atomic E-state index is 2.36. The number of benzene rings is 2. The first-order valence-electron chi connectivity index (χ1n) is 6.92. The Labute approximate surface area is 119 Å². The topological polar surface area (TPSA) is 0 Å². The molecule has 0 saturated carbocycles. The molecular weight excluding hydrogens is 248 g/mol. The maximum Gasteiger partial charge on any atom is 0.0358 e. The van der Waals surface area contributed by atoms with Crippen molar-refractivity contribution in [1.29, 1.82) is 0 Å². The van der Waals surface area contributed by atoms with Crippen LogP contribution in [-0.2, 0) is 5.41 Å². The molecule has 3 rings (SSSR count). The number of hydrogen-bond acceptors (Lipinski definition) is 1. The third-order valence-corrected chi connectivity index (χ3v) is 5.68. The highest BCUT2D eigenvalue weighted by Gasteiger charge is 2.27. The number of thiophene rings is 1. The molecule has 3 aromatic rings. The van der Waals surface area contributed by atoms with Crippen molar-refractivity contribution in [3.8, 4) is 0 Å². The first kappa shape index (κ1) is 12.7. The van der Waals surface area contributed by atoms with Crippen molar-refractivity contribution in [2.24, 2.45) is 5.92 Å². The summed E-state index contributed by atoms with van der Waals surface area (Å²) in [5.74, 6) is 0.622. The predicted molar refractivity (Wildman–Crippen MR) is 87.2 cm³/mol. The fourth-order valence-corrected chi connectivity index (χ4v) is 3.75. The smallest absolute Gasteiger partial charge is 0.0358 e. The largest absolute Gasteiger partial charge is 0.135 e. The molecule has 0 bridgehead atoms. The zero-order valence-electron chi connectivity index (χ0n) is 12.0. The molecule has 0 atom stereocenters. The van der Waals surface area contributed by atoms with Crippen molar-refractivity contribution in [1.82, 2.24) is 0 Å². The summed E-state index contributed by atoms with van der Waals surface area (Å²) in [5.41, 5.74) is 1.68. The zero-order chi connectivity index (χ0) is 13.6. The van der Waals surface area contributed by atoms with Crippen molar-refractivity contribution < 1.29 is 0 Å². The summed E-state index contributed by atoms with van der Waals surface area (Å²) in [7, 11) is 0. The van der Waals surface area contributed by atoms with Gasteiger partial charge in [-0.1, -0.05) is 58.0 Å². The lowest BCUT2D eigenvalue weighted by molar-refractivity contribution is 0.375. The number of hydrogen-bond donors (Lipinski definition) is 0. The Morgan fingerprint density at radius 2 is 1.58 bits per heavy atom. The molecule has 0 radical (unpaired) electrons. The van der Waals surface area contributed by atoms with Crippen LogP contribution in [0.2, 0.25) is 0 Å². The van der Waals surface area contributed by atoms with E-state index >= 15 is 0 Å². The lowest BCUT2D eigenvalue weighted by Crippen LogP contribution is -2.24. The summed E-state index contributed by atoms with van der Waals surface area (Å²) in [6.45, 7) is 9.35. The molecule has 0 aliphatic carbocycles. The number of rotatable bonds is 2. The molecule has 1 aromatic heterocycles. The Morgan fingerprint density at radius 3 is 2.32 bits per heavy atom. The Balaban J connectivity index is 2.43. The van der Waals surface area contributed by atoms with Gasteiger partial charge < -0.3 is 0 Å². The molecule has 0 nitrogen and oxygen atoms in total. The van der Waals surface area contributed by atoms with Crippen LogP contribution in [0.15, 0.2) is 42.5 Å². The van der Waals surface area contributed by atoms with E-state index < -0.39 is 0 Å². The second-order valence-corrected chi connectivity index (χ2v) is 7.24. The quantitative estimate of drug-likeness (QED) is 0.535. The normalized spacial score (nSPS) is 12.7. The summed E-state index contributed by atoms with van der Waals surface area (Å²) in [4.78, 5) is 0. The molecule has 0 aliphatic rings. The van der Waals surface area contributed by atoms with Crippen molar-refractivity contribution >= 4 is 31.5 Å². The van der Waals surface area contributed by atoms with Crippen molar-refractivity contribution in [3.05, 3.63) is 48.0 Å². The van der Waals surface area contributed by atoms with Crippen LogP contribution in [-0.4, -0.2) is 0 Å². The summed E-state index contributed by atoms with van der Waals surface area (Å²) >= 11 is 1.90. The Morgan fingerprint density at radius 1 is 0.895 bits per heavy atom. The van der Waals surface area contributed by atoms with Gasteiger partial charge in [-0.25, -0.2) is 0 Å². The summed E-state index contributed by atoms with van der Waals surface area (Å²) < 4.78 is 2.80. The molecular formula is C18H20S. The van der Waals surface area contributed by atoms with Crippen molar-refractivity contribution in [2.45, 2.75) is 33.1 Å². The molecule has 1 heteroatoms. The highest BCUT2D eigenvalue weighted by atomic mass is 32.1. The zero-order valence-corrected chi connectivity index (χ0v) is 12.8. The molecule has 0 unspecified atom stereocenters. The van der Waals surface area contributed by atoms with Crippen LogP contribution in [0.5, 0.6) is 0 Å². The Bertz CT molecular complexity index is 732. The molecule has 0 fully saturated rings. The highest BCUT2D eigenvalue weighted by molar-refractivity contribution is 7.25. The molecule has 0 amide bonds. The van der Waals surface area contributed by atoms with Crippen molar-refractivity contribution in [2.75, 3.05) is 0 Å². The molecule has 98 valence electrons. The molecule has 0 aliphatic heterocycles. The third kappa shape index (κ3) is 1.88. The van der Waals surface area contributed by atoms with Gasteiger partial charge in [-0.3, -0.25) is 0 Å². The van der Waals surface area contributed by atoms with E-state index in [2.05, 4.69) is 70.2 Å². The molecule has 0 N–H and O–H groups in total. The van der Waals surface area contributed by atoms with E-state index in [-0.39, 0.29) is 5.41 Å². The van der Waals surface area contributed by atoms with Crippen LogP contribution in [0.3, 0.4) is 0 Å². The van der Waals surface area contributed by atoms with Gasteiger partial charge in [0, 0.05) is 20.2 Å². The van der Waals surface area contributed by atoms with Gasteiger partial charge in [0.25, 0.3) is 0 Å². The van der Waals surface area contributed by atoms with Gasteiger partial charge in [0.1, 0.15) is 0 Å². The van der Waals surface area contributed by atoms with E-state index in [4.69, 9.17) is 0 Å². The third-order valence-electron chi connectivity index (χ3n) is 4.54. The van der Waals surface area contributed by atoms with E-state index in [1.807, 2.05) is 11.3 Å². The maximum atomic E-state index is 2.36. The molecule has 1 heterocycles. The van der Waals surface area contributed by atoms with Crippen LogP contribution < -0.4 is 0 Å². The van der Waals surface area contributed by atoms with Crippen molar-refractivity contribution in [3.63, 3.8) is 0 Å². The van der Waals surface area contributed by atoms with Crippen LogP contribution in [0.1, 0.15) is 33.3 Å². The lowest BCUT2D eigenvalue weighted by atomic mass is 9.74. The van der Waals surface area contributed by atoms with Gasteiger partial charge in [-0.2, -0.15) is 0 Å². The standard InChI is InChI=1S/C18H20S/c1-12(2)18(3,4)14-9-7-11-16-17(14)13-8-5-6-10-15(13)19-16/h5-12H,1-4H3. The van der Waals surface area contributed by atoms with Crippen LogP contribution in [0.4, 0.5) is 0 Å². The average molecular weight is 268 g/mol. The monoisotopic (exact) mass is 268 g/mol. The van der Waals surface area contributed by atoms with Crippen LogP contribution >= 0.6 is 11.3 Å². The summed E-state index contributed by atoms with van der Waals surface area (Å²) in [6.07, 6.45) is 0. The molecule has 0 saturated heterocycles. The van der Waals surface area contributed by atoms with E-state index in [0.717, 1.165) is 0 Å². The van der Waals surface area contributed by atoms with Gasteiger partial charge in [-0.05, 0) is 29.0 Å². The van der Waals surface area contributed by atoms with Crippen LogP contribution in [0.25, 0.3) is 20.2 Å². The van der Waals surface area contributed by atoms with E-state index in [9.17, 15) is 0 Å². The average Bonchev–Trinajstić information content (AvgIpc) is 2.76. The first-order chi connectivity index (χ1) is 9.01. The first-order valence-corrected chi connectivity index (χ1v) is 7.74. The predicted octanol–water partition coefficient (Wildman–Crippen LogP) is 5.99. The van der Waals surface area contributed by atoms with E-state index in [0.29, 0.717) is 5.92 Å². The fraction of sp³-hybridized carbons (Fsp3) is 0.333. The van der Waals surface area contributed by atoms with Gasteiger partial charge in [0.2, 0.25) is 0 Å². The Kier molecular flexibility index (Phi) is 2.90. The van der Waals surface area contributed by atoms with E-state index in [1.54, 1.807) is 0 Å². The van der Waals surface area contributed by atoms with Gasteiger partial charge in [0.15, 0.2) is 0 Å². The SMILES string of the molecule is CC(C)C(C)(C)c1cccc2sc3ccccc3c12. The molecule has 0 spiro atoms. The Hall–Kier alpha value is -1.34. The van der Waals surface area contributed by atoms with Gasteiger partial charge in [0.05, 0.1) is 0 Å². The minimum absolute atomic E-state index is 0.198. The molecule has 2 aromatic carbocycles. The van der Waals surface area contributed by atoms with Gasteiger partial charge >= 0.3 is 0 Å². The molecule has 19 heavy (non-hydrogen) atoms. The minimum atomic E-state index is 0.198. The second-order valence-electron chi connectivity index (χ2n) is 6.15.